The summed E-state index contributed by atoms with van der Waals surface area (Å²) < 4.78 is 17.1. The molecule has 7 nitrogen and oxygen atoms in total. The van der Waals surface area contributed by atoms with Crippen LogP contribution < -0.4 is 5.32 Å². The summed E-state index contributed by atoms with van der Waals surface area (Å²) in [5, 5.41) is 3.23. The van der Waals surface area contributed by atoms with Crippen LogP contribution in [0.1, 0.15) is 13.3 Å². The van der Waals surface area contributed by atoms with Crippen LogP contribution >= 0.6 is 0 Å². The van der Waals surface area contributed by atoms with E-state index in [-0.39, 0.29) is 25.0 Å². The Kier molecular flexibility index (Phi) is 5.09. The number of nitrogens with zero attached hydrogens (tertiary/aromatic N) is 2. The molecule has 1 unspecified atom stereocenters. The van der Waals surface area contributed by atoms with E-state index >= 15 is 0 Å². The normalized spacial score (nSPS) is 26.3. The monoisotopic (exact) mass is 285 g/mol. The molecule has 7 heteroatoms. The smallest absolute Gasteiger partial charge is 0.305 e. The van der Waals surface area contributed by atoms with Crippen LogP contribution in [0.2, 0.25) is 0 Å². The Balaban J connectivity index is 2.03. The Morgan fingerprint density at radius 2 is 2.15 bits per heavy atom. The number of rotatable bonds is 5. The molecule has 0 aromatic heterocycles. The Hall–Kier alpha value is -1.02. The molecule has 1 fully saturated rings. The SMILES string of the molecule is CC1=NCCC(C2(OCCN(C)C)OCC(=O)CO2)N1. The molecule has 2 aliphatic heterocycles. The Bertz CT molecular complexity index is 374. The molecule has 20 heavy (non-hydrogen) atoms. The van der Waals surface area contributed by atoms with E-state index in [9.17, 15) is 4.79 Å². The van der Waals surface area contributed by atoms with E-state index in [4.69, 9.17) is 14.2 Å². The summed E-state index contributed by atoms with van der Waals surface area (Å²) in [6.45, 7) is 3.86. The molecular formula is C13H23N3O4. The molecule has 0 saturated carbocycles. The van der Waals surface area contributed by atoms with E-state index in [0.29, 0.717) is 13.2 Å². The van der Waals surface area contributed by atoms with E-state index in [0.717, 1.165) is 18.8 Å². The first-order valence-corrected chi connectivity index (χ1v) is 6.88. The van der Waals surface area contributed by atoms with Crippen molar-refractivity contribution in [3.05, 3.63) is 0 Å². The highest BCUT2D eigenvalue weighted by Gasteiger charge is 2.47. The van der Waals surface area contributed by atoms with Gasteiger partial charge >= 0.3 is 5.97 Å². The van der Waals surface area contributed by atoms with Crippen LogP contribution in [0.4, 0.5) is 0 Å². The largest absolute Gasteiger partial charge is 0.363 e. The second-order valence-electron chi connectivity index (χ2n) is 5.32. The minimum absolute atomic E-state index is 0.0241. The molecule has 0 aromatic rings. The van der Waals surface area contributed by atoms with E-state index in [2.05, 4.69) is 10.3 Å². The highest BCUT2D eigenvalue weighted by molar-refractivity contribution is 5.82. The van der Waals surface area contributed by atoms with Crippen molar-refractivity contribution in [2.24, 2.45) is 4.99 Å². The van der Waals surface area contributed by atoms with Crippen molar-refractivity contribution in [3.63, 3.8) is 0 Å². The van der Waals surface area contributed by atoms with Gasteiger partial charge in [0.05, 0.1) is 12.4 Å². The number of amidine groups is 1. The molecule has 0 bridgehead atoms. The van der Waals surface area contributed by atoms with Gasteiger partial charge in [-0.3, -0.25) is 9.79 Å². The predicted octanol–water partition coefficient (Wildman–Crippen LogP) is -0.385. The zero-order valence-corrected chi connectivity index (χ0v) is 12.3. The van der Waals surface area contributed by atoms with Crippen LogP contribution in [-0.2, 0) is 19.0 Å². The van der Waals surface area contributed by atoms with Gasteiger partial charge in [-0.15, -0.1) is 0 Å². The molecular weight excluding hydrogens is 262 g/mol. The van der Waals surface area contributed by atoms with E-state index in [1.54, 1.807) is 0 Å². The maximum Gasteiger partial charge on any atom is 0.305 e. The van der Waals surface area contributed by atoms with E-state index in [1.165, 1.54) is 0 Å². The number of aliphatic imine (C=N–C) groups is 1. The summed E-state index contributed by atoms with van der Waals surface area (Å²) in [5.41, 5.74) is 0. The van der Waals surface area contributed by atoms with Gasteiger partial charge in [-0.05, 0) is 27.4 Å². The average molecular weight is 285 g/mol. The Morgan fingerprint density at radius 1 is 1.45 bits per heavy atom. The van der Waals surface area contributed by atoms with Gasteiger partial charge in [-0.2, -0.15) is 0 Å². The van der Waals surface area contributed by atoms with Crippen molar-refractivity contribution in [3.8, 4) is 0 Å². The van der Waals surface area contributed by atoms with Crippen molar-refractivity contribution in [2.45, 2.75) is 25.4 Å². The number of Topliss-reactive ketones (excluding diaryl/α,β-unsaturated/α-hetero) is 1. The molecule has 114 valence electrons. The molecule has 2 rings (SSSR count). The van der Waals surface area contributed by atoms with Crippen LogP contribution in [0.15, 0.2) is 4.99 Å². The number of ether oxygens (including phenoxy) is 3. The van der Waals surface area contributed by atoms with Crippen LogP contribution in [0.3, 0.4) is 0 Å². The fraction of sp³-hybridized carbons (Fsp3) is 0.846. The maximum atomic E-state index is 11.3. The number of hydrogen-bond donors (Lipinski definition) is 1. The third kappa shape index (κ3) is 3.76. The van der Waals surface area contributed by atoms with Crippen molar-refractivity contribution in [1.29, 1.82) is 0 Å². The van der Waals surface area contributed by atoms with Gasteiger partial charge in [0.2, 0.25) is 0 Å². The van der Waals surface area contributed by atoms with Crippen molar-refractivity contribution < 1.29 is 19.0 Å². The first-order valence-electron chi connectivity index (χ1n) is 6.88. The third-order valence-corrected chi connectivity index (χ3v) is 3.29. The number of carbonyl (C=O) groups excluding carboxylic acids is 1. The van der Waals surface area contributed by atoms with Gasteiger partial charge in [0.15, 0.2) is 5.78 Å². The first-order chi connectivity index (χ1) is 9.52. The molecule has 2 aliphatic rings. The molecule has 1 N–H and O–H groups in total. The average Bonchev–Trinajstić information content (AvgIpc) is 2.41. The number of carbonyl (C=O) groups is 1. The molecule has 1 saturated heterocycles. The lowest BCUT2D eigenvalue weighted by atomic mass is 10.1. The number of likely N-dealkylation sites (N-methyl/N-ethyl adjacent to an activating group) is 1. The zero-order valence-electron chi connectivity index (χ0n) is 12.3. The molecule has 0 amide bonds. The van der Waals surface area contributed by atoms with Gasteiger partial charge in [0, 0.05) is 13.1 Å². The summed E-state index contributed by atoms with van der Waals surface area (Å²) >= 11 is 0. The van der Waals surface area contributed by atoms with Crippen molar-refractivity contribution in [2.75, 3.05) is 47.0 Å². The quantitative estimate of drug-likeness (QED) is 0.742. The molecule has 0 aromatic carbocycles. The number of ketones is 1. The third-order valence-electron chi connectivity index (χ3n) is 3.29. The Morgan fingerprint density at radius 3 is 2.75 bits per heavy atom. The minimum atomic E-state index is -1.19. The van der Waals surface area contributed by atoms with E-state index < -0.39 is 5.97 Å². The molecule has 0 spiro atoms. The summed E-state index contributed by atoms with van der Waals surface area (Å²) in [5.74, 6) is -0.430. The highest BCUT2D eigenvalue weighted by atomic mass is 16.9. The van der Waals surface area contributed by atoms with Crippen molar-refractivity contribution >= 4 is 11.6 Å². The fourth-order valence-corrected chi connectivity index (χ4v) is 2.20. The molecule has 0 radical (unpaired) electrons. The van der Waals surface area contributed by atoms with Gasteiger partial charge in [0.25, 0.3) is 0 Å². The van der Waals surface area contributed by atoms with Gasteiger partial charge in [-0.1, -0.05) is 0 Å². The van der Waals surface area contributed by atoms with Gasteiger partial charge < -0.3 is 24.4 Å². The predicted molar refractivity (Wildman–Crippen MR) is 73.7 cm³/mol. The number of hydrogen-bond acceptors (Lipinski definition) is 7. The minimum Gasteiger partial charge on any atom is -0.363 e. The summed E-state index contributed by atoms with van der Waals surface area (Å²) in [6.07, 6.45) is 0.744. The van der Waals surface area contributed by atoms with E-state index in [1.807, 2.05) is 25.9 Å². The topological polar surface area (TPSA) is 72.4 Å². The van der Waals surface area contributed by atoms with Gasteiger partial charge in [-0.25, -0.2) is 0 Å². The number of nitrogens with one attached hydrogen (secondary N) is 1. The van der Waals surface area contributed by atoms with Crippen LogP contribution in [0.25, 0.3) is 0 Å². The maximum absolute atomic E-state index is 11.3. The lowest BCUT2D eigenvalue weighted by Gasteiger charge is -2.42. The summed E-state index contributed by atoms with van der Waals surface area (Å²) in [4.78, 5) is 17.6. The molecule has 0 aliphatic carbocycles. The van der Waals surface area contributed by atoms with Crippen LogP contribution in [-0.4, -0.2) is 75.5 Å². The van der Waals surface area contributed by atoms with Crippen LogP contribution in [0.5, 0.6) is 0 Å². The van der Waals surface area contributed by atoms with Crippen molar-refractivity contribution in [1.82, 2.24) is 10.2 Å². The molecule has 2 heterocycles. The van der Waals surface area contributed by atoms with Crippen LogP contribution in [0, 0.1) is 0 Å². The Labute approximate surface area is 119 Å². The molecule has 1 atom stereocenters. The van der Waals surface area contributed by atoms with Gasteiger partial charge in [0.1, 0.15) is 19.3 Å². The standard InChI is InChI=1S/C13H23N3O4/c1-10-14-5-4-12(15-10)13(18-7-6-16(2)3)19-8-11(17)9-20-13/h12H,4-9H2,1-3H3,(H,14,15). The second kappa shape index (κ2) is 6.62. The highest BCUT2D eigenvalue weighted by Crippen LogP contribution is 2.27. The fourth-order valence-electron chi connectivity index (χ4n) is 2.20. The second-order valence-corrected chi connectivity index (χ2v) is 5.32. The zero-order chi connectivity index (χ0) is 14.6. The lowest BCUT2D eigenvalue weighted by Crippen LogP contribution is -2.62. The lowest BCUT2D eigenvalue weighted by molar-refractivity contribution is -0.397. The summed E-state index contributed by atoms with van der Waals surface area (Å²) in [7, 11) is 3.94. The first kappa shape index (κ1) is 15.4. The summed E-state index contributed by atoms with van der Waals surface area (Å²) in [6, 6.07) is -0.157.